The van der Waals surface area contributed by atoms with Gasteiger partial charge in [0.05, 0.1) is 9.75 Å². The van der Waals surface area contributed by atoms with E-state index < -0.39 is 0 Å². The number of carbonyl (C=O) groups excluding carboxylic acids is 1. The van der Waals surface area contributed by atoms with Crippen LogP contribution in [0.4, 0.5) is 0 Å². The van der Waals surface area contributed by atoms with E-state index in [0.717, 1.165) is 10.4 Å². The van der Waals surface area contributed by atoms with Gasteiger partial charge in [-0.2, -0.15) is 0 Å². The van der Waals surface area contributed by atoms with Gasteiger partial charge in [0.15, 0.2) is 5.78 Å². The van der Waals surface area contributed by atoms with Gasteiger partial charge in [-0.1, -0.05) is 30.0 Å². The van der Waals surface area contributed by atoms with E-state index in [1.807, 2.05) is 61.5 Å². The summed E-state index contributed by atoms with van der Waals surface area (Å²) in [5, 5.41) is 0. The Hall–Kier alpha value is -2.31. The second-order valence-corrected chi connectivity index (χ2v) is 5.51. The summed E-state index contributed by atoms with van der Waals surface area (Å²) >= 11 is 1.42. The fraction of sp³-hybridized carbons (Fsp3) is 0.118. The molecule has 0 amide bonds. The fourth-order valence-corrected chi connectivity index (χ4v) is 2.27. The van der Waals surface area contributed by atoms with Crippen LogP contribution in [0.15, 0.2) is 54.7 Å². The SMILES string of the molecule is CN(C)/C=C/C(=O)c1ccc(C#Cc2ccccc2)s1. The van der Waals surface area contributed by atoms with Crippen molar-refractivity contribution < 1.29 is 4.79 Å². The van der Waals surface area contributed by atoms with Crippen LogP contribution in [0, 0.1) is 11.8 Å². The summed E-state index contributed by atoms with van der Waals surface area (Å²) in [6.07, 6.45) is 3.32. The average Bonchev–Trinajstić information content (AvgIpc) is 2.92. The molecule has 0 saturated carbocycles. The first kappa shape index (κ1) is 14.1. The Bertz CT molecular complexity index is 672. The summed E-state index contributed by atoms with van der Waals surface area (Å²) in [7, 11) is 3.77. The highest BCUT2D eigenvalue weighted by atomic mass is 32.1. The summed E-state index contributed by atoms with van der Waals surface area (Å²) in [5.74, 6) is 6.18. The standard InChI is InChI=1S/C17H15NOS/c1-18(2)13-12-16(19)17-11-10-15(20-17)9-8-14-6-4-3-5-7-14/h3-7,10-13H,1-2H3/b13-12+. The predicted molar refractivity (Wildman–Crippen MR) is 83.9 cm³/mol. The number of ketones is 1. The lowest BCUT2D eigenvalue weighted by molar-refractivity contribution is 0.104. The van der Waals surface area contributed by atoms with Crippen molar-refractivity contribution >= 4 is 17.1 Å². The molecule has 0 spiro atoms. The molecule has 0 unspecified atom stereocenters. The van der Waals surface area contributed by atoms with Crippen molar-refractivity contribution in [1.82, 2.24) is 4.90 Å². The summed E-state index contributed by atoms with van der Waals surface area (Å²) in [5.41, 5.74) is 0.973. The minimum atomic E-state index is 0.0106. The van der Waals surface area contributed by atoms with Crippen LogP contribution >= 0.6 is 11.3 Å². The molecule has 1 aromatic carbocycles. The molecule has 20 heavy (non-hydrogen) atoms. The van der Waals surface area contributed by atoms with Gasteiger partial charge in [-0.3, -0.25) is 4.79 Å². The first-order chi connectivity index (χ1) is 9.65. The predicted octanol–water partition coefficient (Wildman–Crippen LogP) is 3.41. The number of nitrogens with zero attached hydrogens (tertiary/aromatic N) is 1. The number of thiophene rings is 1. The van der Waals surface area contributed by atoms with Crippen LogP contribution in [0.5, 0.6) is 0 Å². The van der Waals surface area contributed by atoms with Gasteiger partial charge in [0.25, 0.3) is 0 Å². The van der Waals surface area contributed by atoms with Crippen LogP contribution in [0.3, 0.4) is 0 Å². The van der Waals surface area contributed by atoms with Gasteiger partial charge in [-0.05, 0) is 24.3 Å². The minimum absolute atomic E-state index is 0.0106. The zero-order chi connectivity index (χ0) is 14.4. The third kappa shape index (κ3) is 4.11. The Balaban J connectivity index is 2.10. The molecule has 0 aliphatic carbocycles. The number of allylic oxidation sites excluding steroid dienone is 1. The molecule has 0 aliphatic rings. The molecule has 0 N–H and O–H groups in total. The molecule has 0 bridgehead atoms. The highest BCUT2D eigenvalue weighted by Crippen LogP contribution is 2.16. The molecule has 0 aliphatic heterocycles. The molecule has 1 aromatic heterocycles. The van der Waals surface area contributed by atoms with Crippen molar-refractivity contribution in [3.8, 4) is 11.8 Å². The lowest BCUT2D eigenvalue weighted by Gasteiger charge is -2.01. The van der Waals surface area contributed by atoms with Crippen LogP contribution in [0.25, 0.3) is 0 Å². The molecular formula is C17H15NOS. The number of carbonyl (C=O) groups is 1. The van der Waals surface area contributed by atoms with Crippen LogP contribution in [0.2, 0.25) is 0 Å². The molecule has 0 atom stereocenters. The van der Waals surface area contributed by atoms with Crippen molar-refractivity contribution in [3.63, 3.8) is 0 Å². The van der Waals surface area contributed by atoms with Crippen molar-refractivity contribution in [2.24, 2.45) is 0 Å². The smallest absolute Gasteiger partial charge is 0.197 e. The van der Waals surface area contributed by atoms with Gasteiger partial charge in [0.1, 0.15) is 0 Å². The summed E-state index contributed by atoms with van der Waals surface area (Å²) in [4.78, 5) is 15.3. The van der Waals surface area contributed by atoms with Crippen LogP contribution < -0.4 is 0 Å². The second kappa shape index (κ2) is 6.74. The van der Waals surface area contributed by atoms with Crippen molar-refractivity contribution in [1.29, 1.82) is 0 Å². The van der Waals surface area contributed by atoms with Crippen LogP contribution in [0.1, 0.15) is 20.1 Å². The lowest BCUT2D eigenvalue weighted by Crippen LogP contribution is -2.02. The minimum Gasteiger partial charge on any atom is -0.383 e. The Kier molecular flexibility index (Phi) is 4.75. The van der Waals surface area contributed by atoms with Crippen molar-refractivity contribution in [2.75, 3.05) is 14.1 Å². The Labute approximate surface area is 123 Å². The molecule has 3 heteroatoms. The zero-order valence-electron chi connectivity index (χ0n) is 11.5. The number of hydrogen-bond acceptors (Lipinski definition) is 3. The summed E-state index contributed by atoms with van der Waals surface area (Å²) in [6.45, 7) is 0. The van der Waals surface area contributed by atoms with E-state index in [1.165, 1.54) is 11.3 Å². The van der Waals surface area contributed by atoms with E-state index in [1.54, 1.807) is 12.3 Å². The van der Waals surface area contributed by atoms with E-state index in [-0.39, 0.29) is 5.78 Å². The Morgan fingerprint density at radius 1 is 1.10 bits per heavy atom. The topological polar surface area (TPSA) is 20.3 Å². The number of benzene rings is 1. The highest BCUT2D eigenvalue weighted by molar-refractivity contribution is 7.14. The quantitative estimate of drug-likeness (QED) is 0.488. The molecule has 2 nitrogen and oxygen atoms in total. The van der Waals surface area contributed by atoms with Gasteiger partial charge >= 0.3 is 0 Å². The first-order valence-electron chi connectivity index (χ1n) is 6.21. The van der Waals surface area contributed by atoms with E-state index >= 15 is 0 Å². The monoisotopic (exact) mass is 281 g/mol. The van der Waals surface area contributed by atoms with Crippen LogP contribution in [-0.4, -0.2) is 24.8 Å². The highest BCUT2D eigenvalue weighted by Gasteiger charge is 2.04. The van der Waals surface area contributed by atoms with Gasteiger partial charge in [-0.15, -0.1) is 11.3 Å². The second-order valence-electron chi connectivity index (χ2n) is 4.42. The molecular weight excluding hydrogens is 266 g/mol. The average molecular weight is 281 g/mol. The first-order valence-corrected chi connectivity index (χ1v) is 7.02. The van der Waals surface area contributed by atoms with E-state index in [9.17, 15) is 4.79 Å². The zero-order valence-corrected chi connectivity index (χ0v) is 12.3. The molecule has 2 aromatic rings. The van der Waals surface area contributed by atoms with Gasteiger partial charge in [-0.25, -0.2) is 0 Å². The third-order valence-corrected chi connectivity index (χ3v) is 3.49. The maximum absolute atomic E-state index is 11.9. The molecule has 0 saturated heterocycles. The lowest BCUT2D eigenvalue weighted by atomic mass is 10.2. The van der Waals surface area contributed by atoms with Crippen molar-refractivity contribution in [2.45, 2.75) is 0 Å². The maximum atomic E-state index is 11.9. The summed E-state index contributed by atoms with van der Waals surface area (Å²) < 4.78 is 0. The van der Waals surface area contributed by atoms with Gasteiger partial charge in [0, 0.05) is 31.9 Å². The van der Waals surface area contributed by atoms with E-state index in [4.69, 9.17) is 0 Å². The Morgan fingerprint density at radius 3 is 2.55 bits per heavy atom. The molecule has 2 rings (SSSR count). The van der Waals surface area contributed by atoms with Gasteiger partial charge < -0.3 is 4.90 Å². The Morgan fingerprint density at radius 2 is 1.85 bits per heavy atom. The third-order valence-electron chi connectivity index (χ3n) is 2.48. The normalized spacial score (nSPS) is 10.1. The molecule has 0 fully saturated rings. The van der Waals surface area contributed by atoms with E-state index in [0.29, 0.717) is 4.88 Å². The number of hydrogen-bond donors (Lipinski definition) is 0. The molecule has 0 radical (unpaired) electrons. The van der Waals surface area contributed by atoms with E-state index in [2.05, 4.69) is 11.8 Å². The van der Waals surface area contributed by atoms with Crippen molar-refractivity contribution in [3.05, 3.63) is 70.1 Å². The fourth-order valence-electron chi connectivity index (χ4n) is 1.49. The number of rotatable bonds is 3. The van der Waals surface area contributed by atoms with Crippen LogP contribution in [-0.2, 0) is 0 Å². The summed E-state index contributed by atoms with van der Waals surface area (Å²) in [6, 6.07) is 13.5. The maximum Gasteiger partial charge on any atom is 0.197 e. The largest absolute Gasteiger partial charge is 0.383 e. The molecule has 1 heterocycles. The van der Waals surface area contributed by atoms with Gasteiger partial charge in [0.2, 0.25) is 0 Å². The molecule has 100 valence electrons.